The molecule has 1 aromatic carbocycles. The maximum absolute atomic E-state index is 5.37. The summed E-state index contributed by atoms with van der Waals surface area (Å²) < 4.78 is 10.5. The molecule has 0 unspecified atom stereocenters. The van der Waals surface area contributed by atoms with Gasteiger partial charge in [-0.05, 0) is 18.2 Å². The van der Waals surface area contributed by atoms with Crippen LogP contribution < -0.4 is 4.74 Å². The first-order chi connectivity index (χ1) is 6.43. The molecule has 0 N–H and O–H groups in total. The Labute approximate surface area is 78.8 Å². The second kappa shape index (κ2) is 6.26. The minimum Gasteiger partial charge on any atom is -0.491 e. The molecule has 0 aliphatic heterocycles. The van der Waals surface area contributed by atoms with Gasteiger partial charge in [0, 0.05) is 0 Å². The van der Waals surface area contributed by atoms with Crippen molar-refractivity contribution < 1.29 is 9.47 Å². The molecule has 1 rings (SSSR count). The SMILES string of the molecule is C=CCOCCOc1cc[c]cc1. The van der Waals surface area contributed by atoms with Crippen LogP contribution in [-0.2, 0) is 4.74 Å². The van der Waals surface area contributed by atoms with E-state index in [2.05, 4.69) is 12.6 Å². The molecule has 69 valence electrons. The van der Waals surface area contributed by atoms with Crippen molar-refractivity contribution in [3.63, 3.8) is 0 Å². The second-order valence-corrected chi connectivity index (χ2v) is 2.45. The van der Waals surface area contributed by atoms with Gasteiger partial charge in [0.15, 0.2) is 0 Å². The molecule has 0 fully saturated rings. The highest BCUT2D eigenvalue weighted by atomic mass is 16.5. The topological polar surface area (TPSA) is 18.5 Å². The molecule has 0 saturated heterocycles. The predicted molar refractivity (Wildman–Crippen MR) is 51.8 cm³/mol. The van der Waals surface area contributed by atoms with Gasteiger partial charge in [-0.2, -0.15) is 0 Å². The van der Waals surface area contributed by atoms with Gasteiger partial charge in [0.05, 0.1) is 13.2 Å². The third-order valence-electron chi connectivity index (χ3n) is 1.42. The molecule has 13 heavy (non-hydrogen) atoms. The third-order valence-corrected chi connectivity index (χ3v) is 1.42. The van der Waals surface area contributed by atoms with Crippen molar-refractivity contribution in [2.45, 2.75) is 0 Å². The lowest BCUT2D eigenvalue weighted by Crippen LogP contribution is -2.06. The number of benzene rings is 1. The summed E-state index contributed by atoms with van der Waals surface area (Å²) in [5.74, 6) is 0.848. The standard InChI is InChI=1S/C11H13O2/c1-2-8-12-9-10-13-11-6-4-3-5-7-11/h2,4-7H,1,8-10H2. The second-order valence-electron chi connectivity index (χ2n) is 2.45. The van der Waals surface area contributed by atoms with E-state index in [-0.39, 0.29) is 0 Å². The fraction of sp³-hybridized carbons (Fsp3) is 0.273. The molecular formula is C11H13O2. The van der Waals surface area contributed by atoms with E-state index in [9.17, 15) is 0 Å². The first kappa shape index (κ1) is 9.81. The summed E-state index contributed by atoms with van der Waals surface area (Å²) in [6, 6.07) is 10.3. The summed E-state index contributed by atoms with van der Waals surface area (Å²) in [5, 5.41) is 0. The van der Waals surface area contributed by atoms with E-state index in [1.54, 1.807) is 6.08 Å². The Morgan fingerprint density at radius 1 is 1.31 bits per heavy atom. The lowest BCUT2D eigenvalue weighted by atomic mass is 10.3. The van der Waals surface area contributed by atoms with E-state index in [0.717, 1.165) is 5.75 Å². The maximum Gasteiger partial charge on any atom is 0.119 e. The van der Waals surface area contributed by atoms with Crippen molar-refractivity contribution in [3.05, 3.63) is 43.0 Å². The summed E-state index contributed by atoms with van der Waals surface area (Å²) in [5.41, 5.74) is 0. The molecule has 1 radical (unpaired) electrons. The van der Waals surface area contributed by atoms with Gasteiger partial charge in [0.25, 0.3) is 0 Å². The zero-order valence-electron chi connectivity index (χ0n) is 7.53. The van der Waals surface area contributed by atoms with Crippen LogP contribution in [0.15, 0.2) is 36.9 Å². The lowest BCUT2D eigenvalue weighted by molar-refractivity contribution is 0.121. The highest BCUT2D eigenvalue weighted by Gasteiger charge is 1.90. The molecular weight excluding hydrogens is 164 g/mol. The molecule has 1 aromatic rings. The van der Waals surface area contributed by atoms with Gasteiger partial charge in [-0.15, -0.1) is 6.58 Å². The zero-order chi connectivity index (χ0) is 9.36. The molecule has 0 amide bonds. The predicted octanol–water partition coefficient (Wildman–Crippen LogP) is 2.07. The first-order valence-electron chi connectivity index (χ1n) is 4.21. The highest BCUT2D eigenvalue weighted by Crippen LogP contribution is 2.07. The quantitative estimate of drug-likeness (QED) is 0.489. The fourth-order valence-electron chi connectivity index (χ4n) is 0.853. The Balaban J connectivity index is 2.10. The highest BCUT2D eigenvalue weighted by molar-refractivity contribution is 5.20. The van der Waals surface area contributed by atoms with E-state index >= 15 is 0 Å². The van der Waals surface area contributed by atoms with Crippen molar-refractivity contribution in [3.8, 4) is 5.75 Å². The molecule has 0 spiro atoms. The minimum atomic E-state index is 0.567. The Morgan fingerprint density at radius 3 is 2.77 bits per heavy atom. The van der Waals surface area contributed by atoms with E-state index in [4.69, 9.17) is 9.47 Å². The van der Waals surface area contributed by atoms with Crippen LogP contribution in [0.25, 0.3) is 0 Å². The van der Waals surface area contributed by atoms with Gasteiger partial charge >= 0.3 is 0 Å². The van der Waals surface area contributed by atoms with Gasteiger partial charge in [0.2, 0.25) is 0 Å². The number of ether oxygens (including phenoxy) is 2. The summed E-state index contributed by atoms with van der Waals surface area (Å²) in [6.45, 7) is 5.28. The Hall–Kier alpha value is -1.28. The molecule has 0 aliphatic carbocycles. The minimum absolute atomic E-state index is 0.567. The third kappa shape index (κ3) is 4.33. The van der Waals surface area contributed by atoms with Crippen molar-refractivity contribution >= 4 is 0 Å². The van der Waals surface area contributed by atoms with Crippen molar-refractivity contribution in [1.82, 2.24) is 0 Å². The molecule has 0 heterocycles. The summed E-state index contributed by atoms with van der Waals surface area (Å²) >= 11 is 0. The molecule has 0 aliphatic rings. The maximum atomic E-state index is 5.37. The van der Waals surface area contributed by atoms with Crippen LogP contribution >= 0.6 is 0 Å². The van der Waals surface area contributed by atoms with Crippen LogP contribution in [0.2, 0.25) is 0 Å². The van der Waals surface area contributed by atoms with E-state index in [1.165, 1.54) is 0 Å². The zero-order valence-corrected chi connectivity index (χ0v) is 7.53. The van der Waals surface area contributed by atoms with Gasteiger partial charge in [-0.3, -0.25) is 0 Å². The molecule has 2 heteroatoms. The summed E-state index contributed by atoms with van der Waals surface area (Å²) in [6.07, 6.45) is 1.72. The molecule has 0 saturated carbocycles. The van der Waals surface area contributed by atoms with E-state index in [1.807, 2.05) is 24.3 Å². The first-order valence-corrected chi connectivity index (χ1v) is 4.21. The Morgan fingerprint density at radius 2 is 2.08 bits per heavy atom. The normalized spacial score (nSPS) is 9.54. The molecule has 0 bridgehead atoms. The van der Waals surface area contributed by atoms with Crippen LogP contribution in [0.4, 0.5) is 0 Å². The number of rotatable bonds is 6. The van der Waals surface area contributed by atoms with Crippen molar-refractivity contribution in [2.24, 2.45) is 0 Å². The van der Waals surface area contributed by atoms with E-state index < -0.39 is 0 Å². The molecule has 0 aromatic heterocycles. The van der Waals surface area contributed by atoms with Gasteiger partial charge in [-0.25, -0.2) is 0 Å². The average Bonchev–Trinajstić information content (AvgIpc) is 2.19. The van der Waals surface area contributed by atoms with Crippen molar-refractivity contribution in [2.75, 3.05) is 19.8 Å². The van der Waals surface area contributed by atoms with Gasteiger partial charge in [0.1, 0.15) is 12.4 Å². The van der Waals surface area contributed by atoms with Crippen LogP contribution in [-0.4, -0.2) is 19.8 Å². The average molecular weight is 177 g/mol. The van der Waals surface area contributed by atoms with Gasteiger partial charge in [-0.1, -0.05) is 18.2 Å². The van der Waals surface area contributed by atoms with Crippen LogP contribution in [0, 0.1) is 6.07 Å². The Bertz CT molecular complexity index is 231. The van der Waals surface area contributed by atoms with Crippen LogP contribution in [0.1, 0.15) is 0 Å². The molecule has 2 nitrogen and oxygen atoms in total. The molecule has 0 atom stereocenters. The van der Waals surface area contributed by atoms with Crippen LogP contribution in [0.3, 0.4) is 0 Å². The summed E-state index contributed by atoms with van der Waals surface area (Å²) in [7, 11) is 0. The number of hydrogen-bond donors (Lipinski definition) is 0. The monoisotopic (exact) mass is 177 g/mol. The summed E-state index contributed by atoms with van der Waals surface area (Å²) in [4.78, 5) is 0. The largest absolute Gasteiger partial charge is 0.491 e. The number of hydrogen-bond acceptors (Lipinski definition) is 2. The smallest absolute Gasteiger partial charge is 0.119 e. The van der Waals surface area contributed by atoms with Crippen molar-refractivity contribution in [1.29, 1.82) is 0 Å². The lowest BCUT2D eigenvalue weighted by Gasteiger charge is -2.04. The Kier molecular flexibility index (Phi) is 4.72. The van der Waals surface area contributed by atoms with Gasteiger partial charge < -0.3 is 9.47 Å². The fourth-order valence-corrected chi connectivity index (χ4v) is 0.853. The van der Waals surface area contributed by atoms with Crippen LogP contribution in [0.5, 0.6) is 5.75 Å². The van der Waals surface area contributed by atoms with E-state index in [0.29, 0.717) is 19.8 Å².